The summed E-state index contributed by atoms with van der Waals surface area (Å²) >= 11 is 0. The molecule has 5 N–H and O–H groups in total. The molecule has 5 atom stereocenters. The molecule has 0 aromatic rings. The van der Waals surface area contributed by atoms with Crippen molar-refractivity contribution >= 4 is 29.5 Å². The van der Waals surface area contributed by atoms with Crippen molar-refractivity contribution in [2.24, 2.45) is 34.3 Å². The van der Waals surface area contributed by atoms with Gasteiger partial charge in [-0.05, 0) is 62.2 Å². The number of piperidine rings is 1. The van der Waals surface area contributed by atoms with Crippen LogP contribution in [0.25, 0.3) is 0 Å². The molecule has 0 spiro atoms. The van der Waals surface area contributed by atoms with Crippen molar-refractivity contribution in [3.63, 3.8) is 0 Å². The van der Waals surface area contributed by atoms with Crippen LogP contribution in [0.2, 0.25) is 0 Å². The molecule has 2 saturated carbocycles. The molecule has 0 aromatic heterocycles. The Morgan fingerprint density at radius 3 is 2.08 bits per heavy atom. The minimum absolute atomic E-state index is 0.0774. The molecular weight excluding hydrogens is 486 g/mol. The molecule has 1 aliphatic heterocycles. The number of ketones is 1. The Bertz CT molecular complexity index is 975. The van der Waals surface area contributed by atoms with Crippen LogP contribution in [0.4, 0.5) is 4.79 Å². The molecule has 38 heavy (non-hydrogen) atoms. The van der Waals surface area contributed by atoms with Crippen LogP contribution in [-0.4, -0.2) is 64.6 Å². The summed E-state index contributed by atoms with van der Waals surface area (Å²) in [5.41, 5.74) is 4.05. The smallest absolute Gasteiger partial charge is 0.315 e. The van der Waals surface area contributed by atoms with Gasteiger partial charge in [-0.15, -0.1) is 0 Å². The molecule has 1 heterocycles. The molecule has 3 rings (SSSR count). The van der Waals surface area contributed by atoms with Gasteiger partial charge in [0, 0.05) is 12.1 Å². The van der Waals surface area contributed by atoms with Gasteiger partial charge in [0.25, 0.3) is 5.91 Å². The highest BCUT2D eigenvalue weighted by Crippen LogP contribution is 2.65. The molecule has 1 unspecified atom stereocenters. The van der Waals surface area contributed by atoms with E-state index in [1.165, 1.54) is 0 Å². The average molecular weight is 534 g/mol. The Labute approximate surface area is 226 Å². The van der Waals surface area contributed by atoms with Gasteiger partial charge in [0.1, 0.15) is 12.1 Å². The summed E-state index contributed by atoms with van der Waals surface area (Å²) in [6.45, 7) is 15.7. The van der Waals surface area contributed by atoms with E-state index in [-0.39, 0.29) is 23.2 Å². The number of nitrogens with two attached hydrogens (primary N) is 1. The first-order chi connectivity index (χ1) is 17.3. The van der Waals surface area contributed by atoms with Crippen LogP contribution in [0.3, 0.4) is 0 Å². The molecule has 2 aliphatic carbocycles. The highest BCUT2D eigenvalue weighted by molar-refractivity contribution is 6.37. The number of fused-ring (bicyclic) bond motifs is 1. The summed E-state index contributed by atoms with van der Waals surface area (Å²) in [6.07, 6.45) is 4.39. The first kappa shape index (κ1) is 29.9. The summed E-state index contributed by atoms with van der Waals surface area (Å²) in [5.74, 6) is -2.13. The number of rotatable bonds is 9. The number of primary amides is 1. The Hall–Kier alpha value is -2.65. The third-order valence-electron chi connectivity index (χ3n) is 8.60. The Morgan fingerprint density at radius 1 is 1.00 bits per heavy atom. The molecule has 0 bridgehead atoms. The van der Waals surface area contributed by atoms with Crippen molar-refractivity contribution in [1.82, 2.24) is 20.9 Å². The Balaban J connectivity index is 1.81. The van der Waals surface area contributed by atoms with Crippen molar-refractivity contribution in [2.45, 2.75) is 111 Å². The highest BCUT2D eigenvalue weighted by atomic mass is 16.2. The fourth-order valence-electron chi connectivity index (χ4n) is 6.02. The summed E-state index contributed by atoms with van der Waals surface area (Å²) in [7, 11) is 0. The number of urea groups is 1. The molecule has 0 aromatic carbocycles. The number of carbonyl (C=O) groups excluding carboxylic acids is 5. The number of nitrogens with zero attached hydrogens (tertiary/aromatic N) is 1. The van der Waals surface area contributed by atoms with Crippen LogP contribution in [0.15, 0.2) is 0 Å². The lowest BCUT2D eigenvalue weighted by Gasteiger charge is -2.38. The standard InChI is InChI=1S/C28H47N5O5/c1-26(2,3)21(31-25(38)32-27(4,5)6)24(37)33-14-16-18(28(16,7)8)19(33)23(36)30-17(20(34)22(29)35)13-12-15-10-9-11-15/h15-19,21H,9-14H2,1-8H3,(H2,29,35)(H,30,36)(H2,31,32,38)/t16-,17+,18?,19-,21+/m0/s1. The maximum atomic E-state index is 13.9. The normalized spacial score (nSPS) is 25.9. The summed E-state index contributed by atoms with van der Waals surface area (Å²) in [4.78, 5) is 66.3. The van der Waals surface area contributed by atoms with Gasteiger partial charge in [0.05, 0.1) is 6.04 Å². The minimum Gasteiger partial charge on any atom is -0.363 e. The van der Waals surface area contributed by atoms with Crippen molar-refractivity contribution in [1.29, 1.82) is 0 Å². The summed E-state index contributed by atoms with van der Waals surface area (Å²) in [6, 6.07) is -3.14. The molecule has 3 aliphatic rings. The van der Waals surface area contributed by atoms with Crippen LogP contribution in [-0.2, 0) is 19.2 Å². The van der Waals surface area contributed by atoms with E-state index in [1.807, 2.05) is 41.5 Å². The van der Waals surface area contributed by atoms with Gasteiger partial charge in [-0.2, -0.15) is 0 Å². The van der Waals surface area contributed by atoms with E-state index in [4.69, 9.17) is 5.73 Å². The number of likely N-dealkylation sites (tertiary alicyclic amines) is 1. The van der Waals surface area contributed by atoms with E-state index in [1.54, 1.807) is 4.90 Å². The average Bonchev–Trinajstić information content (AvgIpc) is 3.06. The zero-order valence-electron chi connectivity index (χ0n) is 24.3. The topological polar surface area (TPSA) is 151 Å². The van der Waals surface area contributed by atoms with Gasteiger partial charge in [-0.25, -0.2) is 4.79 Å². The number of Topliss-reactive ketones (excluding diaryl/α,β-unsaturated/α-hetero) is 1. The Kier molecular flexibility index (Phi) is 8.25. The largest absolute Gasteiger partial charge is 0.363 e. The van der Waals surface area contributed by atoms with E-state index in [2.05, 4.69) is 29.8 Å². The van der Waals surface area contributed by atoms with Gasteiger partial charge >= 0.3 is 6.03 Å². The second-order valence-electron chi connectivity index (χ2n) is 14.2. The number of amides is 5. The second-order valence-corrected chi connectivity index (χ2v) is 14.2. The summed E-state index contributed by atoms with van der Waals surface area (Å²) in [5, 5.41) is 8.45. The molecular formula is C28H47N5O5. The van der Waals surface area contributed by atoms with E-state index in [0.29, 0.717) is 18.9 Å². The molecule has 0 radical (unpaired) electrons. The van der Waals surface area contributed by atoms with Crippen molar-refractivity contribution < 1.29 is 24.0 Å². The molecule has 5 amide bonds. The van der Waals surface area contributed by atoms with Crippen molar-refractivity contribution in [3.05, 3.63) is 0 Å². The lowest BCUT2D eigenvalue weighted by molar-refractivity contribution is -0.145. The molecule has 10 heteroatoms. The minimum atomic E-state index is -1.07. The lowest BCUT2D eigenvalue weighted by atomic mass is 9.81. The van der Waals surface area contributed by atoms with Gasteiger partial charge in [-0.1, -0.05) is 53.9 Å². The first-order valence-electron chi connectivity index (χ1n) is 13.9. The summed E-state index contributed by atoms with van der Waals surface area (Å²) < 4.78 is 0. The number of hydrogen-bond donors (Lipinski definition) is 4. The SMILES string of the molecule is CC(C)(C)NC(=O)N[C@H](C(=O)N1C[C@H]2C([C@H]1C(=O)N[C@H](CCC1CCC1)C(=O)C(N)=O)C2(C)C)C(C)(C)C. The van der Waals surface area contributed by atoms with Gasteiger partial charge in [-0.3, -0.25) is 19.2 Å². The van der Waals surface area contributed by atoms with Gasteiger partial charge in [0.15, 0.2) is 0 Å². The Morgan fingerprint density at radius 2 is 1.61 bits per heavy atom. The van der Waals surface area contributed by atoms with Crippen LogP contribution in [0.1, 0.15) is 87.5 Å². The maximum absolute atomic E-state index is 13.9. The molecule has 1 saturated heterocycles. The monoisotopic (exact) mass is 533 g/mol. The molecule has 3 fully saturated rings. The van der Waals surface area contributed by atoms with Gasteiger partial charge in [0.2, 0.25) is 17.6 Å². The van der Waals surface area contributed by atoms with Crippen LogP contribution < -0.4 is 21.7 Å². The van der Waals surface area contributed by atoms with Crippen LogP contribution in [0.5, 0.6) is 0 Å². The van der Waals surface area contributed by atoms with E-state index in [9.17, 15) is 24.0 Å². The highest BCUT2D eigenvalue weighted by Gasteiger charge is 2.69. The lowest BCUT2D eigenvalue weighted by Crippen LogP contribution is -2.62. The predicted octanol–water partition coefficient (Wildman–Crippen LogP) is 2.10. The number of carbonyl (C=O) groups is 5. The van der Waals surface area contributed by atoms with E-state index >= 15 is 0 Å². The first-order valence-corrected chi connectivity index (χ1v) is 13.9. The van der Waals surface area contributed by atoms with Crippen molar-refractivity contribution in [2.75, 3.05) is 6.54 Å². The van der Waals surface area contributed by atoms with E-state index in [0.717, 1.165) is 25.7 Å². The molecule has 10 nitrogen and oxygen atoms in total. The van der Waals surface area contributed by atoms with Crippen LogP contribution >= 0.6 is 0 Å². The van der Waals surface area contributed by atoms with E-state index < -0.39 is 52.7 Å². The maximum Gasteiger partial charge on any atom is 0.315 e. The van der Waals surface area contributed by atoms with Crippen molar-refractivity contribution in [3.8, 4) is 0 Å². The third-order valence-corrected chi connectivity index (χ3v) is 8.60. The fraction of sp³-hybridized carbons (Fsp3) is 0.821. The van der Waals surface area contributed by atoms with Gasteiger partial charge < -0.3 is 26.6 Å². The quantitative estimate of drug-likeness (QED) is 0.335. The number of nitrogens with one attached hydrogen (secondary N) is 3. The number of hydrogen-bond acceptors (Lipinski definition) is 5. The zero-order chi connectivity index (χ0) is 28.8. The van der Waals surface area contributed by atoms with Crippen LogP contribution in [0, 0.1) is 28.6 Å². The second kappa shape index (κ2) is 10.5. The zero-order valence-corrected chi connectivity index (χ0v) is 24.3. The predicted molar refractivity (Wildman–Crippen MR) is 144 cm³/mol. The fourth-order valence-corrected chi connectivity index (χ4v) is 6.02. The third kappa shape index (κ3) is 6.49. The molecule has 214 valence electrons.